The van der Waals surface area contributed by atoms with Gasteiger partial charge in [-0.1, -0.05) is 30.3 Å². The van der Waals surface area contributed by atoms with Crippen LogP contribution >= 0.6 is 0 Å². The average molecular weight is 314 g/mol. The number of carboxylic acid groups (broad SMARTS) is 1. The molecule has 2 rings (SSSR count). The van der Waals surface area contributed by atoms with E-state index in [4.69, 9.17) is 9.84 Å². The second-order valence-corrected chi connectivity index (χ2v) is 5.31. The van der Waals surface area contributed by atoms with Crippen molar-refractivity contribution in [2.24, 2.45) is 0 Å². The molecule has 2 aromatic rings. The second kappa shape index (κ2) is 6.96. The number of carbonyl (C=O) groups excluding carboxylic acids is 1. The lowest BCUT2D eigenvalue weighted by molar-refractivity contribution is -0.134. The number of aryl methyl sites for hydroxylation is 2. The van der Waals surface area contributed by atoms with Gasteiger partial charge in [0, 0.05) is 12.0 Å². The Bertz CT molecular complexity index is 735. The van der Waals surface area contributed by atoms with Gasteiger partial charge in [0.1, 0.15) is 17.1 Å². The molecule has 0 saturated heterocycles. The molecule has 0 aliphatic carbocycles. The molecule has 5 heteroatoms. The molecule has 0 bridgehead atoms. The van der Waals surface area contributed by atoms with E-state index in [1.165, 1.54) is 13.0 Å². The highest BCUT2D eigenvalue weighted by Crippen LogP contribution is 2.33. The molecule has 2 N–H and O–H groups in total. The van der Waals surface area contributed by atoms with Crippen LogP contribution in [0.5, 0.6) is 11.5 Å². The number of rotatable bonds is 5. The van der Waals surface area contributed by atoms with E-state index in [1.54, 1.807) is 6.92 Å². The lowest BCUT2D eigenvalue weighted by Crippen LogP contribution is -2.11. The van der Waals surface area contributed by atoms with E-state index in [0.29, 0.717) is 12.0 Å². The standard InChI is InChI=1S/C18H18O5/c1-11-10-14(12(2)17(20)16(11)18(21)22)23-15(19)9-8-13-6-4-3-5-7-13/h3-7,10,20H,8-9H2,1-2H3,(H,21,22). The van der Waals surface area contributed by atoms with Crippen molar-refractivity contribution in [3.05, 3.63) is 58.7 Å². The Morgan fingerprint density at radius 2 is 1.78 bits per heavy atom. The number of carbonyl (C=O) groups is 2. The van der Waals surface area contributed by atoms with Crippen molar-refractivity contribution in [1.29, 1.82) is 0 Å². The van der Waals surface area contributed by atoms with Crippen LogP contribution < -0.4 is 4.74 Å². The zero-order valence-electron chi connectivity index (χ0n) is 13.0. The minimum atomic E-state index is -1.22. The van der Waals surface area contributed by atoms with Gasteiger partial charge in [0.15, 0.2) is 0 Å². The van der Waals surface area contributed by atoms with Gasteiger partial charge in [-0.2, -0.15) is 0 Å². The third kappa shape index (κ3) is 3.88. The fourth-order valence-electron chi connectivity index (χ4n) is 2.31. The first-order valence-corrected chi connectivity index (χ1v) is 7.21. The summed E-state index contributed by atoms with van der Waals surface area (Å²) in [6, 6.07) is 11.0. The van der Waals surface area contributed by atoms with Gasteiger partial charge < -0.3 is 14.9 Å². The van der Waals surface area contributed by atoms with Crippen LogP contribution in [0.1, 0.15) is 33.5 Å². The summed E-state index contributed by atoms with van der Waals surface area (Å²) in [6.45, 7) is 3.06. The van der Waals surface area contributed by atoms with Gasteiger partial charge >= 0.3 is 11.9 Å². The van der Waals surface area contributed by atoms with Gasteiger partial charge in [-0.15, -0.1) is 0 Å². The monoisotopic (exact) mass is 314 g/mol. The molecular formula is C18H18O5. The lowest BCUT2D eigenvalue weighted by Gasteiger charge is -2.13. The Balaban J connectivity index is 2.11. The molecule has 0 heterocycles. The third-order valence-corrected chi connectivity index (χ3v) is 3.60. The Kier molecular flexibility index (Phi) is 5.01. The number of carboxylic acids is 1. The lowest BCUT2D eigenvalue weighted by atomic mass is 10.0. The third-order valence-electron chi connectivity index (χ3n) is 3.60. The fourth-order valence-corrected chi connectivity index (χ4v) is 2.31. The average Bonchev–Trinajstić information content (AvgIpc) is 2.51. The van der Waals surface area contributed by atoms with Crippen LogP contribution in [0.2, 0.25) is 0 Å². The highest BCUT2D eigenvalue weighted by Gasteiger charge is 2.20. The number of benzene rings is 2. The summed E-state index contributed by atoms with van der Waals surface area (Å²) in [5.41, 5.74) is 1.43. The number of aromatic carboxylic acids is 1. The summed E-state index contributed by atoms with van der Waals surface area (Å²) in [5.74, 6) is -1.84. The Hall–Kier alpha value is -2.82. The summed E-state index contributed by atoms with van der Waals surface area (Å²) in [7, 11) is 0. The van der Waals surface area contributed by atoms with Crippen molar-refractivity contribution in [3.8, 4) is 11.5 Å². The number of hydrogen-bond donors (Lipinski definition) is 2. The first kappa shape index (κ1) is 16.5. The van der Waals surface area contributed by atoms with Crippen molar-refractivity contribution in [3.63, 3.8) is 0 Å². The predicted octanol–water partition coefficient (Wildman–Crippen LogP) is 3.25. The van der Waals surface area contributed by atoms with Gasteiger partial charge in [0.2, 0.25) is 0 Å². The first-order chi connectivity index (χ1) is 10.9. The van der Waals surface area contributed by atoms with E-state index >= 15 is 0 Å². The Morgan fingerprint density at radius 3 is 2.39 bits per heavy atom. The minimum Gasteiger partial charge on any atom is -0.507 e. The van der Waals surface area contributed by atoms with Crippen LogP contribution in [0.15, 0.2) is 36.4 Å². The van der Waals surface area contributed by atoms with Gasteiger partial charge in [-0.05, 0) is 37.5 Å². The zero-order valence-corrected chi connectivity index (χ0v) is 13.0. The van der Waals surface area contributed by atoms with Crippen molar-refractivity contribution < 1.29 is 24.5 Å². The van der Waals surface area contributed by atoms with E-state index in [9.17, 15) is 14.7 Å². The summed E-state index contributed by atoms with van der Waals surface area (Å²) in [4.78, 5) is 23.1. The van der Waals surface area contributed by atoms with Crippen LogP contribution in [-0.4, -0.2) is 22.2 Å². The van der Waals surface area contributed by atoms with E-state index in [-0.39, 0.29) is 29.0 Å². The molecule has 0 saturated carbocycles. The van der Waals surface area contributed by atoms with Crippen molar-refractivity contribution in [1.82, 2.24) is 0 Å². The molecule has 23 heavy (non-hydrogen) atoms. The second-order valence-electron chi connectivity index (χ2n) is 5.31. The topological polar surface area (TPSA) is 83.8 Å². The van der Waals surface area contributed by atoms with E-state index < -0.39 is 11.9 Å². The normalized spacial score (nSPS) is 10.3. The van der Waals surface area contributed by atoms with Crippen molar-refractivity contribution >= 4 is 11.9 Å². The smallest absolute Gasteiger partial charge is 0.339 e. The molecule has 120 valence electrons. The maximum Gasteiger partial charge on any atom is 0.339 e. The molecule has 0 aromatic heterocycles. The van der Waals surface area contributed by atoms with Crippen LogP contribution in [-0.2, 0) is 11.2 Å². The Labute approximate surface area is 134 Å². The number of hydrogen-bond acceptors (Lipinski definition) is 4. The molecule has 2 aromatic carbocycles. The molecule has 0 spiro atoms. The number of ether oxygens (including phenoxy) is 1. The van der Waals surface area contributed by atoms with Crippen LogP contribution in [0, 0.1) is 13.8 Å². The molecular weight excluding hydrogens is 296 g/mol. The summed E-state index contributed by atoms with van der Waals surface area (Å²) >= 11 is 0. The summed E-state index contributed by atoms with van der Waals surface area (Å²) in [6.07, 6.45) is 0.751. The summed E-state index contributed by atoms with van der Waals surface area (Å²) in [5, 5.41) is 19.1. The van der Waals surface area contributed by atoms with Gasteiger partial charge in [0.05, 0.1) is 0 Å². The first-order valence-electron chi connectivity index (χ1n) is 7.21. The fraction of sp³-hybridized carbons (Fsp3) is 0.222. The zero-order chi connectivity index (χ0) is 17.0. The molecule has 0 radical (unpaired) electrons. The van der Waals surface area contributed by atoms with Crippen LogP contribution in [0.25, 0.3) is 0 Å². The van der Waals surface area contributed by atoms with Crippen molar-refractivity contribution in [2.45, 2.75) is 26.7 Å². The maximum absolute atomic E-state index is 12.0. The van der Waals surface area contributed by atoms with Gasteiger partial charge in [-0.25, -0.2) is 4.79 Å². The number of esters is 1. The molecule has 0 atom stereocenters. The maximum atomic E-state index is 12.0. The number of aromatic hydroxyl groups is 1. The number of phenols is 1. The molecule has 0 aliphatic rings. The predicted molar refractivity (Wildman–Crippen MR) is 84.9 cm³/mol. The van der Waals surface area contributed by atoms with Gasteiger partial charge in [-0.3, -0.25) is 4.79 Å². The highest BCUT2D eigenvalue weighted by atomic mass is 16.5. The largest absolute Gasteiger partial charge is 0.507 e. The molecule has 0 fully saturated rings. The van der Waals surface area contributed by atoms with E-state index in [2.05, 4.69) is 0 Å². The van der Waals surface area contributed by atoms with Gasteiger partial charge in [0.25, 0.3) is 0 Å². The quantitative estimate of drug-likeness (QED) is 0.654. The van der Waals surface area contributed by atoms with Crippen LogP contribution in [0.4, 0.5) is 0 Å². The molecule has 0 unspecified atom stereocenters. The molecule has 5 nitrogen and oxygen atoms in total. The van der Waals surface area contributed by atoms with E-state index in [0.717, 1.165) is 5.56 Å². The molecule has 0 aliphatic heterocycles. The Morgan fingerprint density at radius 1 is 1.13 bits per heavy atom. The summed E-state index contributed by atoms with van der Waals surface area (Å²) < 4.78 is 5.27. The van der Waals surface area contributed by atoms with Crippen LogP contribution in [0.3, 0.4) is 0 Å². The highest BCUT2D eigenvalue weighted by molar-refractivity contribution is 5.93. The molecule has 0 amide bonds. The minimum absolute atomic E-state index is 0.174. The van der Waals surface area contributed by atoms with E-state index in [1.807, 2.05) is 30.3 Å². The SMILES string of the molecule is Cc1cc(OC(=O)CCc2ccccc2)c(C)c(O)c1C(=O)O. The van der Waals surface area contributed by atoms with Crippen molar-refractivity contribution in [2.75, 3.05) is 0 Å².